The SMILES string of the molecule is Cc1cccc(NC2=C(c3ccc(OC(C)C)cc3)C(=O)N(c3cccc(C)c3C)C2=O)c1. The molecule has 4 rings (SSSR count). The Kier molecular flexibility index (Phi) is 6.05. The van der Waals surface area contributed by atoms with E-state index in [-0.39, 0.29) is 23.6 Å². The highest BCUT2D eigenvalue weighted by atomic mass is 16.5. The third kappa shape index (κ3) is 4.40. The standard InChI is InChI=1S/C28H28N2O3/c1-17(2)33-23-14-12-21(13-15-23)25-26(29-22-10-6-8-18(3)16-22)28(32)30(27(25)31)24-11-7-9-19(4)20(24)5/h6-17,29H,1-5H3. The second kappa shape index (κ2) is 8.94. The number of nitrogens with one attached hydrogen (secondary N) is 1. The van der Waals surface area contributed by atoms with Gasteiger partial charge in [0, 0.05) is 5.69 Å². The summed E-state index contributed by atoms with van der Waals surface area (Å²) in [5.74, 6) is -0.000190. The molecule has 2 amide bonds. The molecule has 0 spiro atoms. The third-order valence-corrected chi connectivity index (χ3v) is 5.70. The van der Waals surface area contributed by atoms with Crippen molar-refractivity contribution < 1.29 is 14.3 Å². The lowest BCUT2D eigenvalue weighted by atomic mass is 10.0. The molecule has 5 heteroatoms. The lowest BCUT2D eigenvalue weighted by Crippen LogP contribution is -2.33. The number of nitrogens with zero attached hydrogens (tertiary/aromatic N) is 1. The van der Waals surface area contributed by atoms with Crippen LogP contribution < -0.4 is 15.0 Å². The van der Waals surface area contributed by atoms with Gasteiger partial charge in [-0.3, -0.25) is 9.59 Å². The summed E-state index contributed by atoms with van der Waals surface area (Å²) >= 11 is 0. The fraction of sp³-hybridized carbons (Fsp3) is 0.214. The molecule has 0 atom stereocenters. The summed E-state index contributed by atoms with van der Waals surface area (Å²) in [7, 11) is 0. The van der Waals surface area contributed by atoms with Crippen LogP contribution in [-0.2, 0) is 9.59 Å². The zero-order chi connectivity index (χ0) is 23.7. The number of ether oxygens (including phenoxy) is 1. The Morgan fingerprint density at radius 3 is 2.21 bits per heavy atom. The monoisotopic (exact) mass is 440 g/mol. The number of carbonyl (C=O) groups excluding carboxylic acids is 2. The van der Waals surface area contributed by atoms with Gasteiger partial charge in [0.1, 0.15) is 11.4 Å². The summed E-state index contributed by atoms with van der Waals surface area (Å²) in [6.07, 6.45) is 0.0445. The first kappa shape index (κ1) is 22.3. The van der Waals surface area contributed by atoms with E-state index in [4.69, 9.17) is 4.74 Å². The van der Waals surface area contributed by atoms with Crippen molar-refractivity contribution in [2.75, 3.05) is 10.2 Å². The van der Waals surface area contributed by atoms with Crippen LogP contribution in [0.4, 0.5) is 11.4 Å². The Bertz CT molecular complexity index is 1260. The third-order valence-electron chi connectivity index (χ3n) is 5.70. The van der Waals surface area contributed by atoms with Crippen LogP contribution in [0.5, 0.6) is 5.75 Å². The van der Waals surface area contributed by atoms with E-state index in [2.05, 4.69) is 5.32 Å². The molecule has 0 fully saturated rings. The second-order valence-corrected chi connectivity index (χ2v) is 8.60. The van der Waals surface area contributed by atoms with E-state index < -0.39 is 0 Å². The lowest BCUT2D eigenvalue weighted by Gasteiger charge is -2.19. The molecule has 0 unspecified atom stereocenters. The van der Waals surface area contributed by atoms with E-state index >= 15 is 0 Å². The first-order chi connectivity index (χ1) is 15.8. The van der Waals surface area contributed by atoms with Crippen molar-refractivity contribution in [3.05, 3.63) is 94.7 Å². The van der Waals surface area contributed by atoms with Crippen molar-refractivity contribution in [2.24, 2.45) is 0 Å². The number of hydrogen-bond acceptors (Lipinski definition) is 4. The Morgan fingerprint density at radius 2 is 1.55 bits per heavy atom. The van der Waals surface area contributed by atoms with Crippen molar-refractivity contribution in [1.29, 1.82) is 0 Å². The van der Waals surface area contributed by atoms with E-state index in [9.17, 15) is 9.59 Å². The maximum Gasteiger partial charge on any atom is 0.282 e. The zero-order valence-electron chi connectivity index (χ0n) is 19.6. The maximum atomic E-state index is 13.7. The second-order valence-electron chi connectivity index (χ2n) is 8.60. The normalized spacial score (nSPS) is 13.8. The van der Waals surface area contributed by atoms with Gasteiger partial charge in [-0.05, 0) is 87.2 Å². The van der Waals surface area contributed by atoms with Gasteiger partial charge in [-0.1, -0.05) is 36.4 Å². The molecule has 0 bridgehead atoms. The molecule has 3 aromatic rings. The predicted octanol–water partition coefficient (Wildman–Crippen LogP) is 5.80. The smallest absolute Gasteiger partial charge is 0.282 e. The highest BCUT2D eigenvalue weighted by Gasteiger charge is 2.41. The number of imide groups is 1. The minimum absolute atomic E-state index is 0.0445. The molecule has 0 aromatic heterocycles. The molecule has 0 saturated carbocycles. The van der Waals surface area contributed by atoms with E-state index in [1.807, 2.05) is 101 Å². The molecule has 33 heavy (non-hydrogen) atoms. The van der Waals surface area contributed by atoms with Gasteiger partial charge in [0.15, 0.2) is 0 Å². The quantitative estimate of drug-likeness (QED) is 0.493. The van der Waals surface area contributed by atoms with Crippen molar-refractivity contribution >= 4 is 28.8 Å². The summed E-state index contributed by atoms with van der Waals surface area (Å²) < 4.78 is 5.74. The Balaban J connectivity index is 1.81. The van der Waals surface area contributed by atoms with Crippen molar-refractivity contribution in [2.45, 2.75) is 40.7 Å². The summed E-state index contributed by atoms with van der Waals surface area (Å²) in [5.41, 5.74) is 5.60. The summed E-state index contributed by atoms with van der Waals surface area (Å²) in [5, 5.41) is 3.23. The Hall–Kier alpha value is -3.86. The Morgan fingerprint density at radius 1 is 0.848 bits per heavy atom. The zero-order valence-corrected chi connectivity index (χ0v) is 19.6. The molecule has 5 nitrogen and oxygen atoms in total. The van der Waals surface area contributed by atoms with Crippen LogP contribution in [0, 0.1) is 20.8 Å². The molecule has 3 aromatic carbocycles. The summed E-state index contributed by atoms with van der Waals surface area (Å²) in [6, 6.07) is 20.7. The fourth-order valence-corrected chi connectivity index (χ4v) is 3.95. The van der Waals surface area contributed by atoms with Crippen LogP contribution in [0.25, 0.3) is 5.57 Å². The number of anilines is 2. The molecule has 168 valence electrons. The van der Waals surface area contributed by atoms with E-state index in [1.54, 1.807) is 0 Å². The number of hydrogen-bond donors (Lipinski definition) is 1. The van der Waals surface area contributed by atoms with Gasteiger partial charge in [0.05, 0.1) is 17.4 Å². The molecule has 0 saturated heterocycles. The van der Waals surface area contributed by atoms with Crippen LogP contribution >= 0.6 is 0 Å². The molecular weight excluding hydrogens is 412 g/mol. The predicted molar refractivity (Wildman–Crippen MR) is 132 cm³/mol. The maximum absolute atomic E-state index is 13.7. The van der Waals surface area contributed by atoms with Crippen LogP contribution in [0.3, 0.4) is 0 Å². The van der Waals surface area contributed by atoms with E-state index in [1.165, 1.54) is 4.90 Å². The average Bonchev–Trinajstić information content (AvgIpc) is 3.00. The number of carbonyl (C=O) groups is 2. The van der Waals surface area contributed by atoms with Crippen molar-refractivity contribution in [1.82, 2.24) is 0 Å². The van der Waals surface area contributed by atoms with Gasteiger partial charge in [-0.25, -0.2) is 4.90 Å². The van der Waals surface area contributed by atoms with E-state index in [0.29, 0.717) is 22.6 Å². The van der Waals surface area contributed by atoms with Gasteiger partial charge in [0.25, 0.3) is 11.8 Å². The summed E-state index contributed by atoms with van der Waals surface area (Å²) in [6.45, 7) is 9.80. The van der Waals surface area contributed by atoms with Crippen molar-refractivity contribution in [3.8, 4) is 5.75 Å². The first-order valence-corrected chi connectivity index (χ1v) is 11.1. The number of benzene rings is 3. The first-order valence-electron chi connectivity index (χ1n) is 11.1. The van der Waals surface area contributed by atoms with E-state index in [0.717, 1.165) is 22.4 Å². The lowest BCUT2D eigenvalue weighted by molar-refractivity contribution is -0.120. The Labute approximate surface area is 194 Å². The molecule has 1 aliphatic heterocycles. The largest absolute Gasteiger partial charge is 0.491 e. The topological polar surface area (TPSA) is 58.6 Å². The molecule has 1 aliphatic rings. The molecule has 1 heterocycles. The van der Waals surface area contributed by atoms with Gasteiger partial charge in [-0.2, -0.15) is 0 Å². The highest BCUT2D eigenvalue weighted by molar-refractivity contribution is 6.46. The van der Waals surface area contributed by atoms with Crippen LogP contribution in [0.1, 0.15) is 36.1 Å². The van der Waals surface area contributed by atoms with Gasteiger partial charge >= 0.3 is 0 Å². The average molecular weight is 441 g/mol. The van der Waals surface area contributed by atoms with Crippen LogP contribution in [0.15, 0.2) is 72.4 Å². The molecule has 0 aliphatic carbocycles. The minimum atomic E-state index is -0.368. The molecule has 0 radical (unpaired) electrons. The fourth-order valence-electron chi connectivity index (χ4n) is 3.95. The molecular formula is C28H28N2O3. The van der Waals surface area contributed by atoms with Crippen molar-refractivity contribution in [3.63, 3.8) is 0 Å². The highest BCUT2D eigenvalue weighted by Crippen LogP contribution is 2.36. The van der Waals surface area contributed by atoms with Gasteiger partial charge in [-0.15, -0.1) is 0 Å². The van der Waals surface area contributed by atoms with Gasteiger partial charge < -0.3 is 10.1 Å². The summed E-state index contributed by atoms with van der Waals surface area (Å²) in [4.78, 5) is 28.6. The van der Waals surface area contributed by atoms with Crippen LogP contribution in [-0.4, -0.2) is 17.9 Å². The number of rotatable bonds is 6. The molecule has 1 N–H and O–H groups in total. The van der Waals surface area contributed by atoms with Crippen LogP contribution in [0.2, 0.25) is 0 Å². The number of amides is 2. The van der Waals surface area contributed by atoms with Gasteiger partial charge in [0.2, 0.25) is 0 Å². The minimum Gasteiger partial charge on any atom is -0.491 e. The number of aryl methyl sites for hydroxylation is 2.